The summed E-state index contributed by atoms with van der Waals surface area (Å²) in [5, 5.41) is 9.56. The van der Waals surface area contributed by atoms with Crippen molar-refractivity contribution in [1.29, 1.82) is 0 Å². The summed E-state index contributed by atoms with van der Waals surface area (Å²) in [6.45, 7) is 2.98. The molecule has 2 atom stereocenters. The van der Waals surface area contributed by atoms with E-state index in [0.29, 0.717) is 18.5 Å². The summed E-state index contributed by atoms with van der Waals surface area (Å²) in [5.74, 6) is 0.175. The van der Waals surface area contributed by atoms with Crippen molar-refractivity contribution in [3.8, 4) is 0 Å². The van der Waals surface area contributed by atoms with Crippen molar-refractivity contribution in [3.05, 3.63) is 16.6 Å². The Bertz CT molecular complexity index is 339. The van der Waals surface area contributed by atoms with Crippen LogP contribution in [0, 0.1) is 0 Å². The van der Waals surface area contributed by atoms with Gasteiger partial charge in [0.15, 0.2) is 0 Å². The minimum Gasteiger partial charge on any atom is -0.352 e. The maximum atomic E-state index is 11.0. The number of thiazole rings is 1. The molecule has 0 radical (unpaired) electrons. The third-order valence-corrected chi connectivity index (χ3v) is 3.74. The first kappa shape index (κ1) is 11.5. The van der Waals surface area contributed by atoms with E-state index in [0.717, 1.165) is 24.4 Å². The van der Waals surface area contributed by atoms with E-state index in [9.17, 15) is 4.79 Å². The van der Waals surface area contributed by atoms with Crippen LogP contribution in [-0.2, 0) is 4.79 Å². The second-order valence-electron chi connectivity index (χ2n) is 4.04. The zero-order valence-corrected chi connectivity index (χ0v) is 10.2. The highest BCUT2D eigenvalue weighted by Gasteiger charge is 2.21. The van der Waals surface area contributed by atoms with E-state index in [-0.39, 0.29) is 5.91 Å². The second kappa shape index (κ2) is 5.41. The third kappa shape index (κ3) is 2.80. The molecule has 0 aromatic carbocycles. The van der Waals surface area contributed by atoms with Crippen molar-refractivity contribution in [2.45, 2.75) is 38.3 Å². The molecule has 16 heavy (non-hydrogen) atoms. The Morgan fingerprint density at radius 2 is 2.62 bits per heavy atom. The number of rotatable bonds is 5. The lowest BCUT2D eigenvalue weighted by Crippen LogP contribution is -2.37. The zero-order chi connectivity index (χ0) is 11.4. The SMILES string of the molecule is CCC(NCC1CCC(=O)N1)c1nccs1. The first-order valence-corrected chi connectivity index (χ1v) is 6.59. The fourth-order valence-electron chi connectivity index (χ4n) is 1.93. The number of aromatic nitrogens is 1. The molecule has 0 spiro atoms. The molecule has 2 N–H and O–H groups in total. The molecule has 1 aliphatic rings. The Morgan fingerprint density at radius 3 is 3.19 bits per heavy atom. The largest absolute Gasteiger partial charge is 0.352 e. The maximum absolute atomic E-state index is 11.0. The van der Waals surface area contributed by atoms with Crippen LogP contribution in [0.1, 0.15) is 37.2 Å². The van der Waals surface area contributed by atoms with Gasteiger partial charge < -0.3 is 10.6 Å². The predicted octanol–water partition coefficient (Wildman–Crippen LogP) is 1.46. The smallest absolute Gasteiger partial charge is 0.220 e. The van der Waals surface area contributed by atoms with Crippen LogP contribution in [0.4, 0.5) is 0 Å². The van der Waals surface area contributed by atoms with Crippen molar-refractivity contribution >= 4 is 17.2 Å². The molecule has 0 bridgehead atoms. The molecule has 1 amide bonds. The van der Waals surface area contributed by atoms with Crippen LogP contribution in [0.2, 0.25) is 0 Å². The highest BCUT2D eigenvalue weighted by molar-refractivity contribution is 7.09. The lowest BCUT2D eigenvalue weighted by Gasteiger charge is -2.17. The van der Waals surface area contributed by atoms with Gasteiger partial charge in [-0.3, -0.25) is 4.79 Å². The van der Waals surface area contributed by atoms with E-state index in [2.05, 4.69) is 22.5 Å². The number of amides is 1. The molecule has 2 rings (SSSR count). The summed E-state index contributed by atoms with van der Waals surface area (Å²) >= 11 is 1.68. The Morgan fingerprint density at radius 1 is 1.75 bits per heavy atom. The Kier molecular flexibility index (Phi) is 3.90. The van der Waals surface area contributed by atoms with E-state index in [1.54, 1.807) is 11.3 Å². The fraction of sp³-hybridized carbons (Fsp3) is 0.636. The van der Waals surface area contributed by atoms with Crippen LogP contribution < -0.4 is 10.6 Å². The van der Waals surface area contributed by atoms with Crippen LogP contribution in [-0.4, -0.2) is 23.5 Å². The fourth-order valence-corrected chi connectivity index (χ4v) is 2.72. The summed E-state index contributed by atoms with van der Waals surface area (Å²) < 4.78 is 0. The average Bonchev–Trinajstić information content (AvgIpc) is 2.91. The Labute approximate surface area is 99.5 Å². The average molecular weight is 239 g/mol. The number of carbonyl (C=O) groups excluding carboxylic acids is 1. The van der Waals surface area contributed by atoms with E-state index in [1.165, 1.54) is 0 Å². The van der Waals surface area contributed by atoms with E-state index >= 15 is 0 Å². The van der Waals surface area contributed by atoms with Crippen LogP contribution in [0.5, 0.6) is 0 Å². The van der Waals surface area contributed by atoms with Crippen molar-refractivity contribution in [3.63, 3.8) is 0 Å². The van der Waals surface area contributed by atoms with E-state index in [1.807, 2.05) is 11.6 Å². The van der Waals surface area contributed by atoms with Gasteiger partial charge in [-0.2, -0.15) is 0 Å². The van der Waals surface area contributed by atoms with Gasteiger partial charge in [0.2, 0.25) is 5.91 Å². The number of nitrogens with one attached hydrogen (secondary N) is 2. The van der Waals surface area contributed by atoms with Crippen LogP contribution in [0.15, 0.2) is 11.6 Å². The summed E-state index contributed by atoms with van der Waals surface area (Å²) in [6.07, 6.45) is 4.47. The van der Waals surface area contributed by atoms with Gasteiger partial charge in [-0.05, 0) is 12.8 Å². The molecule has 1 aromatic heterocycles. The van der Waals surface area contributed by atoms with Gasteiger partial charge in [-0.15, -0.1) is 11.3 Å². The first-order chi connectivity index (χ1) is 7.79. The molecule has 2 unspecified atom stereocenters. The normalized spacial score (nSPS) is 22.1. The molecule has 1 saturated heterocycles. The monoisotopic (exact) mass is 239 g/mol. The van der Waals surface area contributed by atoms with Crippen molar-refractivity contribution < 1.29 is 4.79 Å². The topological polar surface area (TPSA) is 54.0 Å². The third-order valence-electron chi connectivity index (χ3n) is 2.85. The van der Waals surface area contributed by atoms with E-state index in [4.69, 9.17) is 0 Å². The quantitative estimate of drug-likeness (QED) is 0.818. The number of hydrogen-bond donors (Lipinski definition) is 2. The highest BCUT2D eigenvalue weighted by atomic mass is 32.1. The van der Waals surface area contributed by atoms with Crippen molar-refractivity contribution in [2.24, 2.45) is 0 Å². The molecule has 1 fully saturated rings. The maximum Gasteiger partial charge on any atom is 0.220 e. The Hall–Kier alpha value is -0.940. The molecule has 5 heteroatoms. The molecule has 88 valence electrons. The van der Waals surface area contributed by atoms with Crippen LogP contribution in [0.25, 0.3) is 0 Å². The molecule has 4 nitrogen and oxygen atoms in total. The predicted molar refractivity (Wildman–Crippen MR) is 64.3 cm³/mol. The van der Waals surface area contributed by atoms with Gasteiger partial charge in [0, 0.05) is 30.6 Å². The molecule has 1 aromatic rings. The molecule has 2 heterocycles. The first-order valence-electron chi connectivity index (χ1n) is 5.71. The minimum absolute atomic E-state index is 0.175. The summed E-state index contributed by atoms with van der Waals surface area (Å²) in [4.78, 5) is 15.4. The highest BCUT2D eigenvalue weighted by Crippen LogP contribution is 2.19. The van der Waals surface area contributed by atoms with Crippen LogP contribution in [0.3, 0.4) is 0 Å². The van der Waals surface area contributed by atoms with Gasteiger partial charge in [-0.1, -0.05) is 6.92 Å². The van der Waals surface area contributed by atoms with E-state index < -0.39 is 0 Å². The summed E-state index contributed by atoms with van der Waals surface area (Å²) in [7, 11) is 0. The molecule has 1 aliphatic heterocycles. The summed E-state index contributed by atoms with van der Waals surface area (Å²) in [5.41, 5.74) is 0. The second-order valence-corrected chi connectivity index (χ2v) is 4.97. The Balaban J connectivity index is 1.81. The lowest BCUT2D eigenvalue weighted by atomic mass is 10.2. The molecule has 0 aliphatic carbocycles. The van der Waals surface area contributed by atoms with Crippen molar-refractivity contribution in [1.82, 2.24) is 15.6 Å². The molecular formula is C11H17N3OS. The van der Waals surface area contributed by atoms with Crippen LogP contribution >= 0.6 is 11.3 Å². The van der Waals surface area contributed by atoms with Gasteiger partial charge >= 0.3 is 0 Å². The number of hydrogen-bond acceptors (Lipinski definition) is 4. The zero-order valence-electron chi connectivity index (χ0n) is 9.40. The standard InChI is InChI=1S/C11H17N3OS/c1-2-9(11-12-5-6-16-11)13-7-8-3-4-10(15)14-8/h5-6,8-9,13H,2-4,7H2,1H3,(H,14,15). The minimum atomic E-state index is 0.175. The van der Waals surface area contributed by atoms with Crippen molar-refractivity contribution in [2.75, 3.05) is 6.54 Å². The molecule has 0 saturated carbocycles. The molecular weight excluding hydrogens is 222 g/mol. The van der Waals surface area contributed by atoms with Gasteiger partial charge in [0.1, 0.15) is 5.01 Å². The summed E-state index contributed by atoms with van der Waals surface area (Å²) in [6, 6.07) is 0.610. The van der Waals surface area contributed by atoms with Gasteiger partial charge in [-0.25, -0.2) is 4.98 Å². The number of carbonyl (C=O) groups is 1. The van der Waals surface area contributed by atoms with Gasteiger partial charge in [0.25, 0.3) is 0 Å². The number of nitrogens with zero attached hydrogens (tertiary/aromatic N) is 1. The van der Waals surface area contributed by atoms with Gasteiger partial charge in [0.05, 0.1) is 6.04 Å². The lowest BCUT2D eigenvalue weighted by molar-refractivity contribution is -0.119.